The molecule has 10 aromatic rings. The number of furan rings is 2. The lowest BCUT2D eigenvalue weighted by atomic mass is 10.0. The second kappa shape index (κ2) is 9.83. The number of hydrogen-bond donors (Lipinski definition) is 0. The predicted molar refractivity (Wildman–Crippen MR) is 194 cm³/mol. The molecule has 0 atom stereocenters. The first-order valence-corrected chi connectivity index (χ1v) is 16.2. The van der Waals surface area contributed by atoms with E-state index in [0.717, 1.165) is 72.1 Å². The zero-order valence-corrected chi connectivity index (χ0v) is 25.4. The van der Waals surface area contributed by atoms with Crippen LogP contribution in [0.4, 0.5) is 17.1 Å². The number of benzene rings is 7. The highest BCUT2D eigenvalue weighted by atomic mass is 32.1. The van der Waals surface area contributed by atoms with Gasteiger partial charge < -0.3 is 13.7 Å². The van der Waals surface area contributed by atoms with E-state index in [0.29, 0.717) is 0 Å². The Labute approximate surface area is 268 Å². The van der Waals surface area contributed by atoms with Crippen molar-refractivity contribution in [2.24, 2.45) is 0 Å². The molecule has 0 amide bonds. The van der Waals surface area contributed by atoms with Crippen LogP contribution in [0.15, 0.2) is 160 Å². The minimum Gasteiger partial charge on any atom is -0.456 e. The van der Waals surface area contributed by atoms with E-state index in [2.05, 4.69) is 138 Å². The van der Waals surface area contributed by atoms with Gasteiger partial charge in [-0.15, -0.1) is 11.3 Å². The maximum atomic E-state index is 6.90. The molecule has 0 saturated heterocycles. The Kier molecular flexibility index (Phi) is 5.45. The van der Waals surface area contributed by atoms with Gasteiger partial charge in [0.15, 0.2) is 5.58 Å². The van der Waals surface area contributed by atoms with Gasteiger partial charge in [-0.25, -0.2) is 0 Å². The van der Waals surface area contributed by atoms with Crippen LogP contribution in [-0.4, -0.2) is 0 Å². The van der Waals surface area contributed by atoms with Crippen LogP contribution >= 0.6 is 11.3 Å². The van der Waals surface area contributed by atoms with E-state index in [1.165, 1.54) is 20.2 Å². The quantitative estimate of drug-likeness (QED) is 0.199. The lowest BCUT2D eigenvalue weighted by Crippen LogP contribution is -2.10. The fourth-order valence-corrected chi connectivity index (χ4v) is 8.10. The lowest BCUT2D eigenvalue weighted by molar-refractivity contribution is 0.668. The summed E-state index contributed by atoms with van der Waals surface area (Å²) in [6, 6.07) is 53.5. The fraction of sp³-hybridized carbons (Fsp3) is 0. The van der Waals surface area contributed by atoms with Gasteiger partial charge in [-0.05, 0) is 48.0 Å². The molecule has 0 unspecified atom stereocenters. The van der Waals surface area contributed by atoms with Crippen LogP contribution in [-0.2, 0) is 0 Å². The van der Waals surface area contributed by atoms with Crippen molar-refractivity contribution in [2.45, 2.75) is 0 Å². The summed E-state index contributed by atoms with van der Waals surface area (Å²) < 4.78 is 15.8. The van der Waals surface area contributed by atoms with Crippen molar-refractivity contribution in [3.63, 3.8) is 0 Å². The molecular formula is C42H25NO2S. The molecule has 216 valence electrons. The van der Waals surface area contributed by atoms with E-state index < -0.39 is 0 Å². The maximum Gasteiger partial charge on any atom is 0.159 e. The Morgan fingerprint density at radius 3 is 1.96 bits per heavy atom. The Bertz CT molecular complexity index is 2650. The Morgan fingerprint density at radius 1 is 0.413 bits per heavy atom. The third-order valence-electron chi connectivity index (χ3n) is 9.07. The number of fused-ring (bicyclic) bond motifs is 9. The first-order chi connectivity index (χ1) is 22.8. The van der Waals surface area contributed by atoms with Crippen LogP contribution in [0.1, 0.15) is 0 Å². The monoisotopic (exact) mass is 607 g/mol. The van der Waals surface area contributed by atoms with Crippen molar-refractivity contribution in [2.75, 3.05) is 4.90 Å². The topological polar surface area (TPSA) is 29.5 Å². The second-order valence-electron chi connectivity index (χ2n) is 11.7. The highest BCUT2D eigenvalue weighted by Gasteiger charge is 2.22. The Hall–Kier alpha value is -5.84. The van der Waals surface area contributed by atoms with Crippen LogP contribution in [0, 0.1) is 0 Å². The van der Waals surface area contributed by atoms with E-state index in [-0.39, 0.29) is 0 Å². The average Bonchev–Trinajstić information content (AvgIpc) is 3.80. The van der Waals surface area contributed by atoms with Crippen molar-refractivity contribution >= 4 is 92.4 Å². The summed E-state index contributed by atoms with van der Waals surface area (Å²) in [6.07, 6.45) is 0. The molecule has 0 fully saturated rings. The molecular weight excluding hydrogens is 583 g/mol. The number of hydrogen-bond acceptors (Lipinski definition) is 4. The van der Waals surface area contributed by atoms with Gasteiger partial charge >= 0.3 is 0 Å². The van der Waals surface area contributed by atoms with Gasteiger partial charge in [0.2, 0.25) is 0 Å². The third-order valence-corrected chi connectivity index (χ3v) is 10.2. The van der Waals surface area contributed by atoms with Crippen molar-refractivity contribution in [3.8, 4) is 11.1 Å². The zero-order valence-electron chi connectivity index (χ0n) is 24.6. The van der Waals surface area contributed by atoms with Crippen LogP contribution in [0.3, 0.4) is 0 Å². The van der Waals surface area contributed by atoms with E-state index in [1.807, 2.05) is 29.5 Å². The molecule has 0 bridgehead atoms. The molecule has 3 aromatic heterocycles. The van der Waals surface area contributed by atoms with E-state index in [9.17, 15) is 0 Å². The second-order valence-corrected chi connectivity index (χ2v) is 12.8. The van der Waals surface area contributed by atoms with E-state index in [1.54, 1.807) is 0 Å². The summed E-state index contributed by atoms with van der Waals surface area (Å²) in [5.74, 6) is 0. The molecule has 46 heavy (non-hydrogen) atoms. The fourth-order valence-electron chi connectivity index (χ4n) is 6.96. The van der Waals surface area contributed by atoms with Crippen LogP contribution < -0.4 is 4.90 Å². The minimum atomic E-state index is 0.849. The molecule has 0 aliphatic rings. The predicted octanol–water partition coefficient (Wildman–Crippen LogP) is 13.0. The molecule has 7 aromatic carbocycles. The normalized spacial score (nSPS) is 11.9. The number of para-hydroxylation sites is 3. The summed E-state index contributed by atoms with van der Waals surface area (Å²) in [5.41, 5.74) is 8.75. The Morgan fingerprint density at radius 2 is 1.07 bits per heavy atom. The molecule has 0 spiro atoms. The molecule has 0 aliphatic carbocycles. The van der Waals surface area contributed by atoms with Gasteiger partial charge in [0, 0.05) is 59.0 Å². The van der Waals surface area contributed by atoms with Crippen molar-refractivity contribution in [1.82, 2.24) is 0 Å². The smallest absolute Gasteiger partial charge is 0.159 e. The van der Waals surface area contributed by atoms with Gasteiger partial charge in [0.1, 0.15) is 16.7 Å². The molecule has 4 heteroatoms. The lowest BCUT2D eigenvalue weighted by Gasteiger charge is -2.25. The third kappa shape index (κ3) is 3.77. The summed E-state index contributed by atoms with van der Waals surface area (Å²) >= 11 is 1.83. The molecule has 0 radical (unpaired) electrons. The van der Waals surface area contributed by atoms with E-state index >= 15 is 0 Å². The first-order valence-electron chi connectivity index (χ1n) is 15.4. The van der Waals surface area contributed by atoms with Gasteiger partial charge in [-0.1, -0.05) is 103 Å². The summed E-state index contributed by atoms with van der Waals surface area (Å²) in [6.45, 7) is 0. The highest BCUT2D eigenvalue weighted by Crippen LogP contribution is 2.46. The van der Waals surface area contributed by atoms with Gasteiger partial charge in [-0.3, -0.25) is 0 Å². The van der Waals surface area contributed by atoms with Crippen LogP contribution in [0.2, 0.25) is 0 Å². The minimum absolute atomic E-state index is 0.849. The first kappa shape index (κ1) is 25.5. The largest absolute Gasteiger partial charge is 0.456 e. The van der Waals surface area contributed by atoms with Crippen LogP contribution in [0.5, 0.6) is 0 Å². The summed E-state index contributed by atoms with van der Waals surface area (Å²) in [7, 11) is 0. The number of rotatable bonds is 4. The average molecular weight is 608 g/mol. The summed E-state index contributed by atoms with van der Waals surface area (Å²) in [5, 5.41) is 6.97. The number of thiophene rings is 1. The van der Waals surface area contributed by atoms with Crippen molar-refractivity contribution < 1.29 is 8.83 Å². The van der Waals surface area contributed by atoms with E-state index in [4.69, 9.17) is 8.83 Å². The molecule has 0 saturated carbocycles. The molecule has 3 nitrogen and oxygen atoms in total. The zero-order chi connectivity index (χ0) is 30.2. The molecule has 0 aliphatic heterocycles. The molecule has 10 rings (SSSR count). The SMILES string of the molecule is c1ccc(-c2cccc3c2oc2c(N(c4ccc5c(c4)oc4ccccc45)c4ccc5c(c4)sc4ccccc45)cccc23)cc1. The molecule has 0 N–H and O–H groups in total. The Balaban J connectivity index is 1.25. The van der Waals surface area contributed by atoms with Gasteiger partial charge in [0.25, 0.3) is 0 Å². The highest BCUT2D eigenvalue weighted by molar-refractivity contribution is 7.25. The number of anilines is 3. The maximum absolute atomic E-state index is 6.90. The van der Waals surface area contributed by atoms with Crippen LogP contribution in [0.25, 0.3) is 75.2 Å². The standard InChI is InChI=1S/C42H25NO2S/c1-2-10-26(11-3-1)29-14-8-15-34-35-16-9-17-36(42(35)45-41(29)34)43(27-20-22-31-30-12-4-6-18-37(30)44-38(31)24-27)28-21-23-33-32-13-5-7-19-39(32)46-40(33)25-28/h1-25H. The number of nitrogens with zero attached hydrogens (tertiary/aromatic N) is 1. The van der Waals surface area contributed by atoms with Gasteiger partial charge in [0.05, 0.1) is 11.4 Å². The summed E-state index contributed by atoms with van der Waals surface area (Å²) in [4.78, 5) is 2.31. The van der Waals surface area contributed by atoms with Crippen molar-refractivity contribution in [1.29, 1.82) is 0 Å². The van der Waals surface area contributed by atoms with Gasteiger partial charge in [-0.2, -0.15) is 0 Å². The molecule has 3 heterocycles. The van der Waals surface area contributed by atoms with Crippen molar-refractivity contribution in [3.05, 3.63) is 152 Å².